The standard InChI is InChI=1S/5C19H17N2O/c1-12-4-7-16(21(3)11-12)18-13(2)5-6-15-14-8-9-20-10-17(14)22-19(15)18;1-12-4-7-16(21(3)11-12)18-13(2)5-6-14-15-10-20-9-8-17(15)22-19(14)18;1-12-6-9-15(21(3)11-12)17-13(2)7-8-14-18-16(22-19(14)17)5-4-10-20-18;1-12-8-9-16(21(3)11-12)18-13(2)20-10-15-14-6-4-5-7-17(14)22-19(15)18;1-12-8-9-15(21(3)11-12)17-13(2)10-20-18-14-6-4-5-7-16(14)22-19(17)18/h5*4-11H,1-3H3/q5*+1/i5*1D3. The summed E-state index contributed by atoms with van der Waals surface area (Å²) >= 11 is 0. The van der Waals surface area contributed by atoms with Gasteiger partial charge >= 0.3 is 0 Å². The fourth-order valence-electron chi connectivity index (χ4n) is 14.7. The number of furan rings is 5. The fourth-order valence-corrected chi connectivity index (χ4v) is 14.7. The average Bonchev–Trinajstić information content (AvgIpc) is 1.63. The molecule has 15 heterocycles. The van der Waals surface area contributed by atoms with Gasteiger partial charge in [0.25, 0.3) is 0 Å². The molecule has 540 valence electrons. The smallest absolute Gasteiger partial charge is 0.217 e. The predicted octanol–water partition coefficient (Wildman–Crippen LogP) is 20.4. The predicted molar refractivity (Wildman–Crippen MR) is 438 cm³/mol. The van der Waals surface area contributed by atoms with Gasteiger partial charge in [-0.2, -0.15) is 0 Å². The van der Waals surface area contributed by atoms with Gasteiger partial charge in [0.05, 0.1) is 34.1 Å². The van der Waals surface area contributed by atoms with Gasteiger partial charge in [0, 0.05) is 159 Å². The average molecular weight is 1460 g/mol. The first-order valence-electron chi connectivity index (χ1n) is 43.2. The summed E-state index contributed by atoms with van der Waals surface area (Å²) in [7, 11) is 9.24. The number of aromatic nitrogens is 10. The van der Waals surface area contributed by atoms with Crippen LogP contribution in [0.5, 0.6) is 0 Å². The minimum Gasteiger partial charge on any atom is -0.455 e. The first-order chi connectivity index (χ1) is 59.3. The van der Waals surface area contributed by atoms with Crippen molar-refractivity contribution in [3.63, 3.8) is 0 Å². The minimum absolute atomic E-state index is 0.307. The molecule has 0 spiro atoms. The van der Waals surface area contributed by atoms with Crippen molar-refractivity contribution in [2.45, 2.75) is 68.9 Å². The third-order valence-electron chi connectivity index (χ3n) is 20.0. The molecule has 15 nitrogen and oxygen atoms in total. The van der Waals surface area contributed by atoms with Gasteiger partial charge in [-0.25, -0.2) is 22.8 Å². The van der Waals surface area contributed by atoms with Crippen LogP contribution in [-0.4, -0.2) is 24.9 Å². The molecule has 0 bridgehead atoms. The zero-order chi connectivity index (χ0) is 88.8. The monoisotopic (exact) mass is 1460 g/mol. The van der Waals surface area contributed by atoms with E-state index in [9.17, 15) is 0 Å². The van der Waals surface area contributed by atoms with E-state index in [1.807, 2.05) is 226 Å². The molecule has 20 aromatic rings. The molecular weight excluding hydrogens is 1360 g/mol. The molecule has 15 heteroatoms. The topological polar surface area (TPSA) is 150 Å². The number of fused-ring (bicyclic) bond motifs is 15. The zero-order valence-electron chi connectivity index (χ0n) is 77.1. The molecule has 0 N–H and O–H groups in total. The van der Waals surface area contributed by atoms with Gasteiger partial charge in [-0.15, -0.1) is 0 Å². The molecule has 15 aromatic heterocycles. The summed E-state index contributed by atoms with van der Waals surface area (Å²) < 4.78 is 153. The van der Waals surface area contributed by atoms with Gasteiger partial charge in [-0.1, -0.05) is 60.7 Å². The maximum absolute atomic E-state index is 7.59. The fraction of sp³-hybridized carbons (Fsp3) is 0.158. The number of rotatable bonds is 5. The molecule has 0 radical (unpaired) electrons. The summed E-state index contributed by atoms with van der Waals surface area (Å²) in [5.41, 5.74) is 25.1. The summed E-state index contributed by atoms with van der Waals surface area (Å²) in [5, 5.41) is 7.93. The van der Waals surface area contributed by atoms with Crippen LogP contribution in [0.25, 0.3) is 166 Å². The number of hydrogen-bond donors (Lipinski definition) is 0. The molecule has 110 heavy (non-hydrogen) atoms. The minimum atomic E-state index is -2.13. The second-order valence-corrected chi connectivity index (χ2v) is 27.5. The van der Waals surface area contributed by atoms with Gasteiger partial charge < -0.3 is 22.1 Å². The highest BCUT2D eigenvalue weighted by atomic mass is 16.3. The van der Waals surface area contributed by atoms with E-state index in [-0.39, 0.29) is 0 Å². The molecule has 20 rings (SSSR count). The first kappa shape index (κ1) is 55.1. The third-order valence-corrected chi connectivity index (χ3v) is 20.0. The highest BCUT2D eigenvalue weighted by molar-refractivity contribution is 6.13. The van der Waals surface area contributed by atoms with E-state index in [0.29, 0.717) is 27.8 Å². The second-order valence-electron chi connectivity index (χ2n) is 27.5. The lowest BCUT2D eigenvalue weighted by Gasteiger charge is -2.05. The van der Waals surface area contributed by atoms with E-state index in [4.69, 9.17) is 42.6 Å². The van der Waals surface area contributed by atoms with E-state index in [1.54, 1.807) is 92.3 Å². The van der Waals surface area contributed by atoms with E-state index < -0.39 is 34.3 Å². The van der Waals surface area contributed by atoms with Gasteiger partial charge in [0.15, 0.2) is 58.9 Å². The number of aryl methyl sites for hydroxylation is 15. The largest absolute Gasteiger partial charge is 0.455 e. The molecule has 0 saturated heterocycles. The molecular formula is C95H85N10O5+5. The first-order valence-corrected chi connectivity index (χ1v) is 35.7. The van der Waals surface area contributed by atoms with E-state index in [1.165, 1.54) is 0 Å². The highest BCUT2D eigenvalue weighted by Gasteiger charge is 2.27. The van der Waals surface area contributed by atoms with Crippen molar-refractivity contribution in [1.29, 1.82) is 0 Å². The van der Waals surface area contributed by atoms with Crippen LogP contribution in [0.2, 0.25) is 0 Å². The third kappa shape index (κ3) is 13.1. The van der Waals surface area contributed by atoms with Gasteiger partial charge in [-0.05, 0) is 170 Å². The molecule has 0 fully saturated rings. The van der Waals surface area contributed by atoms with Gasteiger partial charge in [0.1, 0.15) is 79.8 Å². The Kier molecular flexibility index (Phi) is 14.5. The number of benzene rings is 5. The molecule has 0 aliphatic heterocycles. The Labute approximate surface area is 658 Å². The maximum atomic E-state index is 7.59. The van der Waals surface area contributed by atoms with Crippen LogP contribution >= 0.6 is 0 Å². The second kappa shape index (κ2) is 29.1. The number of nitrogens with zero attached hydrogens (tertiary/aromatic N) is 10. The van der Waals surface area contributed by atoms with Crippen molar-refractivity contribution in [3.8, 4) is 56.3 Å². The Morgan fingerprint density at radius 2 is 0.664 bits per heavy atom. The van der Waals surface area contributed by atoms with Crippen molar-refractivity contribution in [1.82, 2.24) is 24.9 Å². The van der Waals surface area contributed by atoms with Crippen LogP contribution in [0.1, 0.15) is 76.3 Å². The molecule has 0 aliphatic carbocycles. The Bertz CT molecular complexity index is 6610. The Morgan fingerprint density at radius 1 is 0.264 bits per heavy atom. The van der Waals surface area contributed by atoms with Crippen molar-refractivity contribution in [2.24, 2.45) is 35.2 Å². The molecule has 0 unspecified atom stereocenters. The Balaban J connectivity index is 0.000000115. The maximum Gasteiger partial charge on any atom is 0.217 e. The lowest BCUT2D eigenvalue weighted by molar-refractivity contribution is -0.660. The van der Waals surface area contributed by atoms with Crippen molar-refractivity contribution >= 4 is 110 Å². The van der Waals surface area contributed by atoms with Crippen LogP contribution in [0, 0.1) is 68.9 Å². The van der Waals surface area contributed by atoms with Crippen LogP contribution < -0.4 is 22.8 Å². The highest BCUT2D eigenvalue weighted by Crippen LogP contribution is 2.42. The normalized spacial score (nSPS) is 14.0. The van der Waals surface area contributed by atoms with E-state index >= 15 is 0 Å². The summed E-state index contributed by atoms with van der Waals surface area (Å²) in [6.45, 7) is -0.645. The van der Waals surface area contributed by atoms with Crippen LogP contribution in [0.15, 0.2) is 266 Å². The number of pyridine rings is 10. The quantitative estimate of drug-likeness (QED) is 0.152. The summed E-state index contributed by atoms with van der Waals surface area (Å²) in [4.78, 5) is 21.8. The SMILES string of the molecule is [2H]C([2H])([2H])c1ccc(-c2c(C)ccc3c2oc2cccnc23)[n+](C)c1.[2H]C([2H])([2H])c1ccc(-c2c(C)ccc3c2oc2ccncc23)[n+](C)c1.[2H]C([2H])([2H])c1ccc(-c2c(C)ccc3c2oc2cnccc23)[n+](C)c1.[2H]C([2H])([2H])c1ccc(-c2c(C)cnc3c2oc2ccccc23)[n+](C)c1.[2H]C([2H])([2H])c1ccc(-c2c(C)ncc3c2oc2ccccc23)[n+](C)c1. The van der Waals surface area contributed by atoms with E-state index in [0.717, 1.165) is 194 Å². The van der Waals surface area contributed by atoms with Crippen molar-refractivity contribution < 1.29 is 65.5 Å². The lowest BCUT2D eigenvalue weighted by atomic mass is 10.0. The molecule has 5 aromatic carbocycles. The zero-order valence-corrected chi connectivity index (χ0v) is 62.1. The lowest BCUT2D eigenvalue weighted by Crippen LogP contribution is -2.31. The summed E-state index contributed by atoms with van der Waals surface area (Å²) in [6.07, 6.45) is 20.7. The van der Waals surface area contributed by atoms with Crippen molar-refractivity contribution in [2.75, 3.05) is 0 Å². The Hall–Kier alpha value is -13.4. The molecule has 0 amide bonds. The molecule has 0 saturated carbocycles. The molecule has 0 aliphatic rings. The number of para-hydroxylation sites is 2. The van der Waals surface area contributed by atoms with Crippen LogP contribution in [0.4, 0.5) is 0 Å². The van der Waals surface area contributed by atoms with Gasteiger partial charge in [-0.3, -0.25) is 24.9 Å². The Morgan fingerprint density at radius 3 is 1.20 bits per heavy atom. The molecule has 0 atom stereocenters. The summed E-state index contributed by atoms with van der Waals surface area (Å²) in [5.74, 6) is 0. The van der Waals surface area contributed by atoms with Crippen LogP contribution in [-0.2, 0) is 35.2 Å². The van der Waals surface area contributed by atoms with Crippen LogP contribution in [0.3, 0.4) is 0 Å². The summed E-state index contributed by atoms with van der Waals surface area (Å²) in [6, 6.07) is 52.9. The number of hydrogen-bond acceptors (Lipinski definition) is 10. The van der Waals surface area contributed by atoms with Crippen molar-refractivity contribution in [3.05, 3.63) is 300 Å². The van der Waals surface area contributed by atoms with E-state index in [2.05, 4.69) is 43.1 Å². The van der Waals surface area contributed by atoms with Gasteiger partial charge in [0.2, 0.25) is 28.5 Å².